The van der Waals surface area contributed by atoms with Gasteiger partial charge in [0.15, 0.2) is 0 Å². The maximum Gasteiger partial charge on any atom is 0.146 e. The molecule has 1 fully saturated rings. The predicted octanol–water partition coefficient (Wildman–Crippen LogP) is 4.19. The maximum absolute atomic E-state index is 13.7. The number of halogens is 1. The molecule has 0 bridgehead atoms. The summed E-state index contributed by atoms with van der Waals surface area (Å²) in [5.74, 6) is 1.03. The van der Waals surface area contributed by atoms with Crippen molar-refractivity contribution in [1.29, 1.82) is 0 Å². The minimum Gasteiger partial charge on any atom is -0.497 e. The summed E-state index contributed by atoms with van der Waals surface area (Å²) in [6, 6.07) is 15.6. The lowest BCUT2D eigenvalue weighted by Gasteiger charge is -2.37. The molecule has 1 aliphatic rings. The summed E-state index contributed by atoms with van der Waals surface area (Å²) in [5.41, 5.74) is 1.90. The zero-order valence-electron chi connectivity index (χ0n) is 11.5. The van der Waals surface area contributed by atoms with Crippen molar-refractivity contribution in [2.45, 2.75) is 24.8 Å². The van der Waals surface area contributed by atoms with Crippen LogP contribution >= 0.6 is 0 Å². The van der Waals surface area contributed by atoms with Gasteiger partial charge in [-0.25, -0.2) is 4.39 Å². The summed E-state index contributed by atoms with van der Waals surface area (Å²) in [5, 5.41) is 3.27. The largest absolute Gasteiger partial charge is 0.497 e. The highest BCUT2D eigenvalue weighted by Gasteiger charge is 2.30. The van der Waals surface area contributed by atoms with Gasteiger partial charge in [0.05, 0.1) is 12.8 Å². The van der Waals surface area contributed by atoms with Crippen molar-refractivity contribution in [1.82, 2.24) is 0 Å². The van der Waals surface area contributed by atoms with Gasteiger partial charge in [0, 0.05) is 12.1 Å². The topological polar surface area (TPSA) is 21.3 Å². The summed E-state index contributed by atoms with van der Waals surface area (Å²) in [7, 11) is 1.59. The highest BCUT2D eigenvalue weighted by atomic mass is 19.1. The second-order valence-electron chi connectivity index (χ2n) is 5.27. The molecule has 104 valence electrons. The molecule has 2 aromatic rings. The molecule has 2 aromatic carbocycles. The van der Waals surface area contributed by atoms with Crippen LogP contribution in [0.1, 0.15) is 24.3 Å². The first kappa shape index (κ1) is 13.0. The molecule has 1 aliphatic carbocycles. The first-order chi connectivity index (χ1) is 9.76. The zero-order chi connectivity index (χ0) is 13.9. The Hall–Kier alpha value is -2.03. The summed E-state index contributed by atoms with van der Waals surface area (Å²) in [4.78, 5) is 0. The van der Waals surface area contributed by atoms with E-state index in [-0.39, 0.29) is 5.82 Å². The molecule has 0 aromatic heterocycles. The molecular weight excluding hydrogens is 253 g/mol. The van der Waals surface area contributed by atoms with E-state index in [9.17, 15) is 4.39 Å². The van der Waals surface area contributed by atoms with Crippen LogP contribution in [0.4, 0.5) is 10.1 Å². The van der Waals surface area contributed by atoms with Crippen molar-refractivity contribution < 1.29 is 9.13 Å². The molecule has 0 heterocycles. The lowest BCUT2D eigenvalue weighted by atomic mass is 9.76. The van der Waals surface area contributed by atoms with Crippen molar-refractivity contribution in [3.63, 3.8) is 0 Å². The van der Waals surface area contributed by atoms with Gasteiger partial charge >= 0.3 is 0 Å². The van der Waals surface area contributed by atoms with E-state index in [0.717, 1.165) is 12.8 Å². The fourth-order valence-corrected chi connectivity index (χ4v) is 2.69. The van der Waals surface area contributed by atoms with Crippen molar-refractivity contribution in [3.05, 3.63) is 59.9 Å². The van der Waals surface area contributed by atoms with Gasteiger partial charge in [0.25, 0.3) is 0 Å². The van der Waals surface area contributed by atoms with Gasteiger partial charge in [0.2, 0.25) is 0 Å². The Morgan fingerprint density at radius 3 is 2.55 bits per heavy atom. The minimum atomic E-state index is -0.228. The van der Waals surface area contributed by atoms with E-state index in [4.69, 9.17) is 4.74 Å². The summed E-state index contributed by atoms with van der Waals surface area (Å²) >= 11 is 0. The van der Waals surface area contributed by atoms with Crippen molar-refractivity contribution >= 4 is 5.69 Å². The van der Waals surface area contributed by atoms with Crippen LogP contribution in [0.2, 0.25) is 0 Å². The van der Waals surface area contributed by atoms with Gasteiger partial charge in [-0.15, -0.1) is 0 Å². The second kappa shape index (κ2) is 5.53. The van der Waals surface area contributed by atoms with Gasteiger partial charge in [-0.1, -0.05) is 30.3 Å². The lowest BCUT2D eigenvalue weighted by molar-refractivity contribution is 0.372. The van der Waals surface area contributed by atoms with Crippen LogP contribution in [-0.4, -0.2) is 13.2 Å². The maximum atomic E-state index is 13.7. The number of hydrogen-bond donors (Lipinski definition) is 1. The summed E-state index contributed by atoms with van der Waals surface area (Å²) in [6.45, 7) is 0. The molecule has 3 heteroatoms. The van der Waals surface area contributed by atoms with Gasteiger partial charge < -0.3 is 10.1 Å². The smallest absolute Gasteiger partial charge is 0.146 e. The quantitative estimate of drug-likeness (QED) is 0.900. The van der Waals surface area contributed by atoms with Gasteiger partial charge in [-0.2, -0.15) is 0 Å². The number of nitrogens with one attached hydrogen (secondary N) is 1. The molecule has 20 heavy (non-hydrogen) atoms. The number of anilines is 1. The highest BCUT2D eigenvalue weighted by molar-refractivity contribution is 5.51. The molecule has 1 saturated carbocycles. The van der Waals surface area contributed by atoms with Crippen molar-refractivity contribution in [2.75, 3.05) is 12.4 Å². The van der Waals surface area contributed by atoms with Crippen LogP contribution in [0.15, 0.2) is 48.5 Å². The fraction of sp³-hybridized carbons (Fsp3) is 0.294. The van der Waals surface area contributed by atoms with E-state index >= 15 is 0 Å². The molecule has 0 atom stereocenters. The third kappa shape index (κ3) is 2.62. The predicted molar refractivity (Wildman–Crippen MR) is 78.8 cm³/mol. The monoisotopic (exact) mass is 271 g/mol. The molecule has 0 aliphatic heterocycles. The minimum absolute atomic E-state index is 0.228. The molecule has 1 N–H and O–H groups in total. The van der Waals surface area contributed by atoms with E-state index in [0.29, 0.717) is 23.4 Å². The normalized spacial score (nSPS) is 21.1. The van der Waals surface area contributed by atoms with Crippen LogP contribution in [0, 0.1) is 5.82 Å². The number of rotatable bonds is 4. The first-order valence-corrected chi connectivity index (χ1v) is 6.91. The van der Waals surface area contributed by atoms with Crippen LogP contribution in [0.5, 0.6) is 5.75 Å². The Kier molecular flexibility index (Phi) is 3.59. The average Bonchev–Trinajstić information content (AvgIpc) is 2.45. The number of benzene rings is 2. The van der Waals surface area contributed by atoms with Crippen molar-refractivity contribution in [3.8, 4) is 5.75 Å². The van der Waals surface area contributed by atoms with Gasteiger partial charge in [-0.05, 0) is 36.5 Å². The second-order valence-corrected chi connectivity index (χ2v) is 5.27. The highest BCUT2D eigenvalue weighted by Crippen LogP contribution is 2.39. The molecule has 0 unspecified atom stereocenters. The van der Waals surface area contributed by atoms with E-state index in [1.54, 1.807) is 19.2 Å². The SMILES string of the molecule is COc1ccc(F)c(NC2CC(c3ccccc3)C2)c1. The lowest BCUT2D eigenvalue weighted by Crippen LogP contribution is -2.34. The van der Waals surface area contributed by atoms with E-state index in [2.05, 4.69) is 29.6 Å². The number of methoxy groups -OCH3 is 1. The van der Waals surface area contributed by atoms with Gasteiger partial charge in [-0.3, -0.25) is 0 Å². The molecule has 0 amide bonds. The average molecular weight is 271 g/mol. The Bertz CT molecular complexity index is 579. The first-order valence-electron chi connectivity index (χ1n) is 6.91. The molecule has 3 rings (SSSR count). The van der Waals surface area contributed by atoms with Crippen LogP contribution in [0.3, 0.4) is 0 Å². The Morgan fingerprint density at radius 1 is 1.10 bits per heavy atom. The van der Waals surface area contributed by atoms with E-state index < -0.39 is 0 Å². The summed E-state index contributed by atoms with van der Waals surface area (Å²) in [6.07, 6.45) is 2.08. The molecule has 0 saturated heterocycles. The van der Waals surface area contributed by atoms with E-state index in [1.807, 2.05) is 6.07 Å². The van der Waals surface area contributed by atoms with Gasteiger partial charge in [0.1, 0.15) is 11.6 Å². The van der Waals surface area contributed by atoms with E-state index in [1.165, 1.54) is 11.6 Å². The Morgan fingerprint density at radius 2 is 1.85 bits per heavy atom. The Balaban J connectivity index is 1.61. The standard InChI is InChI=1S/C17H18FNO/c1-20-15-7-8-16(18)17(11-15)19-14-9-13(10-14)12-5-3-2-4-6-12/h2-8,11,13-14,19H,9-10H2,1H3. The number of hydrogen-bond acceptors (Lipinski definition) is 2. The van der Waals surface area contributed by atoms with Crippen molar-refractivity contribution in [2.24, 2.45) is 0 Å². The third-order valence-electron chi connectivity index (χ3n) is 3.94. The molecule has 0 spiro atoms. The molecular formula is C17H18FNO. The zero-order valence-corrected chi connectivity index (χ0v) is 11.5. The Labute approximate surface area is 118 Å². The van der Waals surface area contributed by atoms with Crippen LogP contribution in [0.25, 0.3) is 0 Å². The number of ether oxygens (including phenoxy) is 1. The van der Waals surface area contributed by atoms with Crippen LogP contribution < -0.4 is 10.1 Å². The third-order valence-corrected chi connectivity index (χ3v) is 3.94. The van der Waals surface area contributed by atoms with Crippen LogP contribution in [-0.2, 0) is 0 Å². The molecule has 2 nitrogen and oxygen atoms in total. The fourth-order valence-electron chi connectivity index (χ4n) is 2.69. The molecule has 0 radical (unpaired) electrons. The summed E-state index contributed by atoms with van der Waals surface area (Å²) < 4.78 is 18.9.